The Balaban J connectivity index is 1.36. The lowest BCUT2D eigenvalue weighted by Gasteiger charge is -2.22. The second kappa shape index (κ2) is 9.24. The van der Waals surface area contributed by atoms with Crippen molar-refractivity contribution in [3.05, 3.63) is 59.7 Å². The molecule has 0 bridgehead atoms. The molecule has 0 aromatic heterocycles. The number of carbonyl (C=O) groups is 1. The van der Waals surface area contributed by atoms with Crippen LogP contribution in [0.5, 0.6) is 0 Å². The Morgan fingerprint density at radius 1 is 1.03 bits per heavy atom. The number of sulfonamides is 2. The van der Waals surface area contributed by atoms with E-state index in [1.54, 1.807) is 47.4 Å². The van der Waals surface area contributed by atoms with Gasteiger partial charge in [0, 0.05) is 38.2 Å². The molecule has 0 aliphatic carbocycles. The molecule has 11 heteroatoms. The standard InChI is InChI=1S/C22H26N4O5S2/c1-17-7-9-18(10-8-17)33(30,31)26-14-4-13-25(15-16-26)21(27)11-12-23-22-19-5-2-3-6-20(19)32(28,29)24-22/h2-3,5-10H,4,11-16H2,1H3,(H,23,24). The number of fused-ring (bicyclic) bond motifs is 1. The van der Waals surface area contributed by atoms with Crippen molar-refractivity contribution in [2.75, 3.05) is 32.7 Å². The normalized spacial score (nSPS) is 19.7. The lowest BCUT2D eigenvalue weighted by molar-refractivity contribution is -0.130. The highest BCUT2D eigenvalue weighted by atomic mass is 32.2. The van der Waals surface area contributed by atoms with Gasteiger partial charge in [0.2, 0.25) is 15.9 Å². The molecule has 9 nitrogen and oxygen atoms in total. The van der Waals surface area contributed by atoms with Gasteiger partial charge < -0.3 is 4.90 Å². The average Bonchev–Trinajstić information content (AvgIpc) is 2.94. The molecule has 0 unspecified atom stereocenters. The number of nitrogens with one attached hydrogen (secondary N) is 1. The van der Waals surface area contributed by atoms with Gasteiger partial charge in [-0.25, -0.2) is 16.8 Å². The minimum atomic E-state index is -3.61. The molecule has 1 saturated heterocycles. The minimum absolute atomic E-state index is 0.109. The van der Waals surface area contributed by atoms with Gasteiger partial charge in [0.15, 0.2) is 0 Å². The van der Waals surface area contributed by atoms with Crippen molar-refractivity contribution in [3.63, 3.8) is 0 Å². The number of hydrogen-bond donors (Lipinski definition) is 1. The van der Waals surface area contributed by atoms with E-state index in [-0.39, 0.29) is 41.0 Å². The van der Waals surface area contributed by atoms with E-state index in [1.165, 1.54) is 10.4 Å². The number of carbonyl (C=O) groups excluding carboxylic acids is 1. The molecule has 1 amide bonds. The zero-order valence-corrected chi connectivity index (χ0v) is 19.9. The molecule has 1 fully saturated rings. The van der Waals surface area contributed by atoms with Gasteiger partial charge in [0.25, 0.3) is 10.0 Å². The van der Waals surface area contributed by atoms with E-state index < -0.39 is 20.0 Å². The largest absolute Gasteiger partial charge is 0.341 e. The van der Waals surface area contributed by atoms with Crippen LogP contribution < -0.4 is 4.72 Å². The third-order valence-electron chi connectivity index (χ3n) is 5.72. The van der Waals surface area contributed by atoms with Crippen molar-refractivity contribution >= 4 is 31.8 Å². The van der Waals surface area contributed by atoms with Crippen LogP contribution in [0.3, 0.4) is 0 Å². The van der Waals surface area contributed by atoms with Crippen molar-refractivity contribution in [3.8, 4) is 0 Å². The first-order valence-corrected chi connectivity index (χ1v) is 13.6. The molecule has 1 N–H and O–H groups in total. The smallest absolute Gasteiger partial charge is 0.263 e. The van der Waals surface area contributed by atoms with Crippen LogP contribution >= 0.6 is 0 Å². The van der Waals surface area contributed by atoms with Crippen molar-refractivity contribution in [2.45, 2.75) is 29.6 Å². The molecule has 2 aromatic carbocycles. The fraction of sp³-hybridized carbons (Fsp3) is 0.364. The van der Waals surface area contributed by atoms with Gasteiger partial charge in [-0.05, 0) is 37.6 Å². The number of benzene rings is 2. The van der Waals surface area contributed by atoms with Crippen LogP contribution in [0.4, 0.5) is 0 Å². The van der Waals surface area contributed by atoms with Crippen LogP contribution in [0, 0.1) is 6.92 Å². The summed E-state index contributed by atoms with van der Waals surface area (Å²) in [5.41, 5.74) is 1.48. The minimum Gasteiger partial charge on any atom is -0.341 e. The van der Waals surface area contributed by atoms with E-state index in [0.29, 0.717) is 31.6 Å². The first-order chi connectivity index (χ1) is 15.7. The summed E-state index contributed by atoms with van der Waals surface area (Å²) in [5, 5.41) is 0. The number of amides is 1. The highest BCUT2D eigenvalue weighted by Gasteiger charge is 2.30. The Labute approximate surface area is 194 Å². The summed E-state index contributed by atoms with van der Waals surface area (Å²) in [7, 11) is -7.23. The van der Waals surface area contributed by atoms with Gasteiger partial charge in [-0.1, -0.05) is 29.8 Å². The predicted octanol–water partition coefficient (Wildman–Crippen LogP) is 1.35. The van der Waals surface area contributed by atoms with E-state index in [0.717, 1.165) is 5.56 Å². The van der Waals surface area contributed by atoms with Crippen LogP contribution in [0.25, 0.3) is 0 Å². The first kappa shape index (κ1) is 23.4. The van der Waals surface area contributed by atoms with Crippen LogP contribution in [-0.4, -0.2) is 70.5 Å². The maximum atomic E-state index is 12.9. The van der Waals surface area contributed by atoms with Crippen molar-refractivity contribution in [1.29, 1.82) is 0 Å². The number of aryl methyl sites for hydroxylation is 1. The molecule has 2 aliphatic heterocycles. The molecule has 0 atom stereocenters. The predicted molar refractivity (Wildman–Crippen MR) is 124 cm³/mol. The second-order valence-electron chi connectivity index (χ2n) is 8.03. The van der Waals surface area contributed by atoms with Crippen molar-refractivity contribution < 1.29 is 21.6 Å². The van der Waals surface area contributed by atoms with Gasteiger partial charge in [-0.3, -0.25) is 14.5 Å². The summed E-state index contributed by atoms with van der Waals surface area (Å²) in [6, 6.07) is 13.3. The molecular formula is C22H26N4O5S2. The van der Waals surface area contributed by atoms with Crippen LogP contribution in [0.2, 0.25) is 0 Å². The number of rotatable bonds is 5. The second-order valence-corrected chi connectivity index (χ2v) is 11.6. The van der Waals surface area contributed by atoms with E-state index in [9.17, 15) is 21.6 Å². The number of nitrogens with zero attached hydrogens (tertiary/aromatic N) is 3. The maximum absolute atomic E-state index is 12.9. The zero-order chi connectivity index (χ0) is 23.6. The summed E-state index contributed by atoms with van der Waals surface area (Å²) in [4.78, 5) is 19.1. The van der Waals surface area contributed by atoms with Gasteiger partial charge in [-0.15, -0.1) is 0 Å². The van der Waals surface area contributed by atoms with Gasteiger partial charge in [0.1, 0.15) is 5.84 Å². The third-order valence-corrected chi connectivity index (χ3v) is 9.03. The number of hydrogen-bond acceptors (Lipinski definition) is 6. The fourth-order valence-electron chi connectivity index (χ4n) is 3.92. The molecular weight excluding hydrogens is 464 g/mol. The molecule has 4 rings (SSSR count). The third kappa shape index (κ3) is 4.94. The van der Waals surface area contributed by atoms with Crippen molar-refractivity contribution in [2.24, 2.45) is 4.99 Å². The van der Waals surface area contributed by atoms with E-state index >= 15 is 0 Å². The highest BCUT2D eigenvalue weighted by molar-refractivity contribution is 7.90. The Kier molecular flexibility index (Phi) is 6.55. The van der Waals surface area contributed by atoms with E-state index in [4.69, 9.17) is 0 Å². The van der Waals surface area contributed by atoms with E-state index in [2.05, 4.69) is 9.71 Å². The molecule has 176 valence electrons. The molecule has 33 heavy (non-hydrogen) atoms. The number of amidine groups is 1. The van der Waals surface area contributed by atoms with E-state index in [1.807, 2.05) is 6.92 Å². The number of aliphatic imine (C=N–C) groups is 1. The zero-order valence-electron chi connectivity index (χ0n) is 18.3. The Hall–Kier alpha value is -2.76. The summed E-state index contributed by atoms with van der Waals surface area (Å²) >= 11 is 0. The topological polar surface area (TPSA) is 116 Å². The quantitative estimate of drug-likeness (QED) is 0.679. The molecule has 0 saturated carbocycles. The Bertz CT molecular complexity index is 1290. The molecule has 2 heterocycles. The molecule has 0 spiro atoms. The summed E-state index contributed by atoms with van der Waals surface area (Å²) in [5.74, 6) is 0.104. The molecule has 0 radical (unpaired) electrons. The Morgan fingerprint density at radius 2 is 1.76 bits per heavy atom. The van der Waals surface area contributed by atoms with Gasteiger partial charge >= 0.3 is 0 Å². The maximum Gasteiger partial charge on any atom is 0.263 e. The Morgan fingerprint density at radius 3 is 2.52 bits per heavy atom. The summed E-state index contributed by atoms with van der Waals surface area (Å²) in [6.45, 7) is 3.37. The lowest BCUT2D eigenvalue weighted by Crippen LogP contribution is -2.37. The molecule has 2 aromatic rings. The average molecular weight is 491 g/mol. The van der Waals surface area contributed by atoms with Crippen LogP contribution in [0.1, 0.15) is 24.0 Å². The van der Waals surface area contributed by atoms with Crippen LogP contribution in [-0.2, 0) is 24.8 Å². The lowest BCUT2D eigenvalue weighted by atomic mass is 10.2. The van der Waals surface area contributed by atoms with Crippen molar-refractivity contribution in [1.82, 2.24) is 13.9 Å². The van der Waals surface area contributed by atoms with Gasteiger partial charge in [0.05, 0.1) is 16.3 Å². The first-order valence-electron chi connectivity index (χ1n) is 10.7. The monoisotopic (exact) mass is 490 g/mol. The van der Waals surface area contributed by atoms with Crippen LogP contribution in [0.15, 0.2) is 63.3 Å². The summed E-state index contributed by atoms with van der Waals surface area (Å²) in [6.07, 6.45) is 0.649. The highest BCUT2D eigenvalue weighted by Crippen LogP contribution is 2.22. The summed E-state index contributed by atoms with van der Waals surface area (Å²) < 4.78 is 54.1. The van der Waals surface area contributed by atoms with Gasteiger partial charge in [-0.2, -0.15) is 4.31 Å². The fourth-order valence-corrected chi connectivity index (χ4v) is 6.64. The SMILES string of the molecule is Cc1ccc(S(=O)(=O)N2CCCN(C(=O)CCN=C3NS(=O)(=O)c4ccccc43)CC2)cc1. The molecule has 2 aliphatic rings.